The number of hydrogen-bond acceptors (Lipinski definition) is 3. The predicted octanol–water partition coefficient (Wildman–Crippen LogP) is 0.148. The van der Waals surface area contributed by atoms with Crippen molar-refractivity contribution in [2.75, 3.05) is 26.2 Å². The van der Waals surface area contributed by atoms with Gasteiger partial charge in [-0.25, -0.2) is 4.72 Å². The lowest BCUT2D eigenvalue weighted by molar-refractivity contribution is 0.365. The summed E-state index contributed by atoms with van der Waals surface area (Å²) in [6.45, 7) is 7.64. The summed E-state index contributed by atoms with van der Waals surface area (Å²) in [5, 5.41) is 0. The Morgan fingerprint density at radius 3 is 2.40 bits per heavy atom. The van der Waals surface area contributed by atoms with Crippen molar-refractivity contribution in [3.8, 4) is 0 Å². The minimum Gasteiger partial charge on any atom is -0.330 e. The van der Waals surface area contributed by atoms with E-state index in [1.807, 2.05) is 20.8 Å². The van der Waals surface area contributed by atoms with Crippen LogP contribution in [-0.4, -0.2) is 38.9 Å². The van der Waals surface area contributed by atoms with E-state index in [0.717, 1.165) is 6.42 Å². The molecule has 0 aliphatic rings. The first-order chi connectivity index (χ1) is 6.97. The fourth-order valence-corrected chi connectivity index (χ4v) is 2.58. The van der Waals surface area contributed by atoms with Gasteiger partial charge in [0.2, 0.25) is 0 Å². The Labute approximate surface area is 93.2 Å². The number of nitrogens with one attached hydrogen (secondary N) is 1. The third-order valence-corrected chi connectivity index (χ3v) is 3.80. The Morgan fingerprint density at radius 2 is 2.00 bits per heavy atom. The summed E-state index contributed by atoms with van der Waals surface area (Å²) < 4.78 is 27.5. The maximum Gasteiger partial charge on any atom is 0.279 e. The average Bonchev–Trinajstić information content (AvgIpc) is 2.22. The van der Waals surface area contributed by atoms with Crippen molar-refractivity contribution in [2.24, 2.45) is 11.7 Å². The molecule has 0 rings (SSSR count). The summed E-state index contributed by atoms with van der Waals surface area (Å²) in [5.74, 6) is 0.183. The Hall–Kier alpha value is -0.170. The molecule has 0 bridgehead atoms. The molecule has 0 saturated carbocycles. The van der Waals surface area contributed by atoms with Crippen LogP contribution in [0.25, 0.3) is 0 Å². The van der Waals surface area contributed by atoms with Crippen molar-refractivity contribution >= 4 is 10.2 Å². The zero-order valence-electron chi connectivity index (χ0n) is 9.86. The third kappa shape index (κ3) is 5.46. The Bertz CT molecular complexity index is 254. The monoisotopic (exact) mass is 237 g/mol. The summed E-state index contributed by atoms with van der Waals surface area (Å²) >= 11 is 0. The fourth-order valence-electron chi connectivity index (χ4n) is 1.14. The van der Waals surface area contributed by atoms with Gasteiger partial charge in [0.15, 0.2) is 0 Å². The van der Waals surface area contributed by atoms with E-state index in [0.29, 0.717) is 26.2 Å². The van der Waals surface area contributed by atoms with Crippen molar-refractivity contribution < 1.29 is 8.42 Å². The number of nitrogens with two attached hydrogens (primary N) is 1. The Morgan fingerprint density at radius 1 is 1.40 bits per heavy atom. The summed E-state index contributed by atoms with van der Waals surface area (Å²) in [4.78, 5) is 0. The van der Waals surface area contributed by atoms with Crippen molar-refractivity contribution in [3.05, 3.63) is 0 Å². The lowest BCUT2D eigenvalue weighted by Gasteiger charge is -2.23. The highest BCUT2D eigenvalue weighted by Crippen LogP contribution is 2.03. The number of rotatable bonds is 8. The minimum absolute atomic E-state index is 0.183. The van der Waals surface area contributed by atoms with Gasteiger partial charge in [-0.05, 0) is 18.9 Å². The van der Waals surface area contributed by atoms with Crippen molar-refractivity contribution in [1.29, 1.82) is 0 Å². The van der Waals surface area contributed by atoms with Crippen LogP contribution in [0.15, 0.2) is 0 Å². The van der Waals surface area contributed by atoms with E-state index < -0.39 is 10.2 Å². The summed E-state index contributed by atoms with van der Waals surface area (Å²) in [5.41, 5.74) is 5.48. The first-order valence-corrected chi connectivity index (χ1v) is 6.86. The van der Waals surface area contributed by atoms with Gasteiger partial charge in [0.25, 0.3) is 10.2 Å². The lowest BCUT2D eigenvalue weighted by Crippen LogP contribution is -2.43. The number of hydrogen-bond donors (Lipinski definition) is 2. The first kappa shape index (κ1) is 14.8. The summed E-state index contributed by atoms with van der Waals surface area (Å²) in [7, 11) is -3.31. The molecule has 0 amide bonds. The van der Waals surface area contributed by atoms with Gasteiger partial charge in [0, 0.05) is 19.6 Å². The lowest BCUT2D eigenvalue weighted by atomic mass is 10.2. The van der Waals surface area contributed by atoms with Crippen LogP contribution in [0.2, 0.25) is 0 Å². The molecule has 6 heteroatoms. The largest absolute Gasteiger partial charge is 0.330 e. The summed E-state index contributed by atoms with van der Waals surface area (Å²) in [6.07, 6.45) is 0.795. The molecule has 0 aromatic heterocycles. The van der Waals surface area contributed by atoms with Gasteiger partial charge in [-0.15, -0.1) is 0 Å². The van der Waals surface area contributed by atoms with Gasteiger partial charge < -0.3 is 5.73 Å². The standard InChI is InChI=1S/C9H23N3O2S/c1-4-6-11-15(13,14)12(5-2)8-9(3)7-10/h9,11H,4-8,10H2,1-3H3. The topological polar surface area (TPSA) is 75.4 Å². The second-order valence-electron chi connectivity index (χ2n) is 3.69. The molecular formula is C9H23N3O2S. The van der Waals surface area contributed by atoms with Gasteiger partial charge in [0.1, 0.15) is 0 Å². The highest BCUT2D eigenvalue weighted by Gasteiger charge is 2.20. The molecule has 92 valence electrons. The molecular weight excluding hydrogens is 214 g/mol. The third-order valence-electron chi connectivity index (χ3n) is 2.14. The van der Waals surface area contributed by atoms with Gasteiger partial charge in [-0.1, -0.05) is 20.8 Å². The molecule has 3 N–H and O–H groups in total. The van der Waals surface area contributed by atoms with Crippen LogP contribution in [0.1, 0.15) is 27.2 Å². The van der Waals surface area contributed by atoms with E-state index in [1.54, 1.807) is 0 Å². The highest BCUT2D eigenvalue weighted by atomic mass is 32.2. The van der Waals surface area contributed by atoms with E-state index >= 15 is 0 Å². The maximum atomic E-state index is 11.7. The second kappa shape index (κ2) is 7.16. The van der Waals surface area contributed by atoms with Crippen LogP contribution in [0.5, 0.6) is 0 Å². The average molecular weight is 237 g/mol. The SMILES string of the molecule is CCCNS(=O)(=O)N(CC)CC(C)CN. The first-order valence-electron chi connectivity index (χ1n) is 5.42. The zero-order valence-corrected chi connectivity index (χ0v) is 10.7. The minimum atomic E-state index is -3.31. The van der Waals surface area contributed by atoms with Crippen molar-refractivity contribution in [1.82, 2.24) is 9.03 Å². The Kier molecular flexibility index (Phi) is 7.08. The van der Waals surface area contributed by atoms with Crippen molar-refractivity contribution in [3.63, 3.8) is 0 Å². The highest BCUT2D eigenvalue weighted by molar-refractivity contribution is 7.87. The molecule has 15 heavy (non-hydrogen) atoms. The Balaban J connectivity index is 4.37. The van der Waals surface area contributed by atoms with E-state index in [2.05, 4.69) is 4.72 Å². The zero-order chi connectivity index (χ0) is 11.9. The van der Waals surface area contributed by atoms with Crippen LogP contribution in [0, 0.1) is 5.92 Å². The van der Waals surface area contributed by atoms with Crippen LogP contribution >= 0.6 is 0 Å². The van der Waals surface area contributed by atoms with Crippen molar-refractivity contribution in [2.45, 2.75) is 27.2 Å². The van der Waals surface area contributed by atoms with Gasteiger partial charge >= 0.3 is 0 Å². The normalized spacial score (nSPS) is 14.5. The van der Waals surface area contributed by atoms with Crippen LogP contribution < -0.4 is 10.5 Å². The molecule has 0 aliphatic carbocycles. The van der Waals surface area contributed by atoms with Gasteiger partial charge in [-0.3, -0.25) is 0 Å². The van der Waals surface area contributed by atoms with E-state index in [4.69, 9.17) is 5.73 Å². The molecule has 0 aliphatic heterocycles. The van der Waals surface area contributed by atoms with E-state index in [-0.39, 0.29) is 5.92 Å². The smallest absolute Gasteiger partial charge is 0.279 e. The van der Waals surface area contributed by atoms with Gasteiger partial charge in [-0.2, -0.15) is 12.7 Å². The summed E-state index contributed by atoms with van der Waals surface area (Å²) in [6, 6.07) is 0. The maximum absolute atomic E-state index is 11.7. The van der Waals surface area contributed by atoms with Gasteiger partial charge in [0.05, 0.1) is 0 Å². The molecule has 1 unspecified atom stereocenters. The molecule has 5 nitrogen and oxygen atoms in total. The molecule has 0 radical (unpaired) electrons. The van der Waals surface area contributed by atoms with Crippen LogP contribution in [0.4, 0.5) is 0 Å². The molecule has 0 fully saturated rings. The number of nitrogens with zero attached hydrogens (tertiary/aromatic N) is 1. The fraction of sp³-hybridized carbons (Fsp3) is 1.00. The molecule has 1 atom stereocenters. The predicted molar refractivity (Wildman–Crippen MR) is 62.7 cm³/mol. The molecule has 0 heterocycles. The molecule has 0 saturated heterocycles. The van der Waals surface area contributed by atoms with E-state index in [9.17, 15) is 8.42 Å². The quantitative estimate of drug-likeness (QED) is 0.631. The molecule has 0 spiro atoms. The molecule has 0 aromatic rings. The van der Waals surface area contributed by atoms with Crippen LogP contribution in [0.3, 0.4) is 0 Å². The molecule has 0 aromatic carbocycles. The van der Waals surface area contributed by atoms with E-state index in [1.165, 1.54) is 4.31 Å². The second-order valence-corrected chi connectivity index (χ2v) is 5.45. The van der Waals surface area contributed by atoms with Crippen LogP contribution in [-0.2, 0) is 10.2 Å².